The lowest BCUT2D eigenvalue weighted by Gasteiger charge is -2.16. The summed E-state index contributed by atoms with van der Waals surface area (Å²) in [5.41, 5.74) is 2.92. The van der Waals surface area contributed by atoms with Crippen LogP contribution >= 0.6 is 11.8 Å². The molecular weight excluding hydrogens is 528 g/mol. The van der Waals surface area contributed by atoms with Crippen molar-refractivity contribution in [3.63, 3.8) is 0 Å². The fourth-order valence-corrected chi connectivity index (χ4v) is 5.92. The number of fused-ring (bicyclic) bond motifs is 4. The van der Waals surface area contributed by atoms with E-state index in [1.54, 1.807) is 29.1 Å². The maximum Gasteiger partial charge on any atom is 0.269 e. The van der Waals surface area contributed by atoms with Crippen molar-refractivity contribution in [3.05, 3.63) is 100 Å². The molecule has 198 valence electrons. The number of thioether (sulfide) groups is 1. The Morgan fingerprint density at radius 1 is 1.12 bits per heavy atom. The van der Waals surface area contributed by atoms with Gasteiger partial charge in [0.2, 0.25) is 0 Å². The Kier molecular flexibility index (Phi) is 6.56. The Morgan fingerprint density at radius 2 is 1.98 bits per heavy atom. The van der Waals surface area contributed by atoms with Crippen molar-refractivity contribution in [2.45, 2.75) is 30.8 Å². The van der Waals surface area contributed by atoms with Crippen LogP contribution in [0, 0.1) is 23.0 Å². The number of aromatic amines is 1. The number of pyridine rings is 1. The zero-order valence-corrected chi connectivity index (χ0v) is 22.5. The van der Waals surface area contributed by atoms with Crippen molar-refractivity contribution in [3.8, 4) is 17.2 Å². The van der Waals surface area contributed by atoms with Gasteiger partial charge in [-0.15, -0.1) is 11.8 Å². The molecule has 6 nitrogen and oxygen atoms in total. The van der Waals surface area contributed by atoms with Crippen molar-refractivity contribution >= 4 is 44.3 Å². The molecule has 3 aromatic heterocycles. The first-order valence-corrected chi connectivity index (χ1v) is 13.9. The summed E-state index contributed by atoms with van der Waals surface area (Å²) in [5, 5.41) is 12.8. The number of nitrogens with zero attached hydrogens (tertiary/aromatic N) is 4. The van der Waals surface area contributed by atoms with Crippen LogP contribution < -0.4 is 5.56 Å². The number of nitriles is 1. The third kappa shape index (κ3) is 4.21. The molecule has 0 spiro atoms. The van der Waals surface area contributed by atoms with E-state index in [2.05, 4.69) is 16.0 Å². The van der Waals surface area contributed by atoms with Crippen LogP contribution in [0.3, 0.4) is 0 Å². The molecule has 6 rings (SSSR count). The largest absolute Gasteiger partial charge is 0.356 e. The van der Waals surface area contributed by atoms with Gasteiger partial charge >= 0.3 is 0 Å². The number of rotatable bonds is 6. The van der Waals surface area contributed by atoms with E-state index in [9.17, 15) is 14.4 Å². The van der Waals surface area contributed by atoms with Gasteiger partial charge in [0.25, 0.3) is 5.56 Å². The molecule has 0 aliphatic rings. The molecule has 0 bridgehead atoms. The number of hydrogen-bond acceptors (Lipinski definition) is 5. The predicted octanol–water partition coefficient (Wildman–Crippen LogP) is 7.16. The molecular formula is C31H23F2N5OS. The van der Waals surface area contributed by atoms with Gasteiger partial charge in [0, 0.05) is 40.8 Å². The van der Waals surface area contributed by atoms with Gasteiger partial charge in [-0.05, 0) is 65.8 Å². The van der Waals surface area contributed by atoms with Crippen LogP contribution in [0.25, 0.3) is 43.7 Å². The first-order chi connectivity index (χ1) is 19.4. The zero-order valence-electron chi connectivity index (χ0n) is 21.7. The Hall–Kier alpha value is -4.55. The molecule has 0 amide bonds. The lowest BCUT2D eigenvalue weighted by Crippen LogP contribution is -2.23. The van der Waals surface area contributed by atoms with E-state index in [1.807, 2.05) is 37.4 Å². The van der Waals surface area contributed by atoms with E-state index < -0.39 is 11.6 Å². The predicted molar refractivity (Wildman–Crippen MR) is 154 cm³/mol. The summed E-state index contributed by atoms with van der Waals surface area (Å²) in [6.45, 7) is 1.90. The molecule has 3 aromatic carbocycles. The second-order valence-corrected chi connectivity index (χ2v) is 10.4. The number of nitrogens with one attached hydrogen (secondary N) is 1. The molecule has 1 N–H and O–H groups in total. The third-order valence-electron chi connectivity index (χ3n) is 7.31. The SMILES string of the molecule is CSc1nc2c(F)c(-c3cccc4ccc(F)cc34)c(CCC#N)cc2c2[nH]c(C(C)n3ccncc3=O)cc12. The molecule has 0 saturated heterocycles. The summed E-state index contributed by atoms with van der Waals surface area (Å²) in [6, 6.07) is 15.6. The van der Waals surface area contributed by atoms with Crippen molar-refractivity contribution < 1.29 is 8.78 Å². The molecule has 9 heteroatoms. The Morgan fingerprint density at radius 3 is 2.75 bits per heavy atom. The van der Waals surface area contributed by atoms with Crippen LogP contribution in [0.1, 0.15) is 30.6 Å². The minimum absolute atomic E-state index is 0.183. The lowest BCUT2D eigenvalue weighted by molar-refractivity contribution is 0.598. The molecule has 0 aliphatic carbocycles. The van der Waals surface area contributed by atoms with Gasteiger partial charge in [0.15, 0.2) is 5.82 Å². The van der Waals surface area contributed by atoms with Gasteiger partial charge in [-0.2, -0.15) is 5.26 Å². The maximum absolute atomic E-state index is 16.7. The number of benzene rings is 3. The van der Waals surface area contributed by atoms with Crippen LogP contribution in [-0.4, -0.2) is 25.8 Å². The fourth-order valence-electron chi connectivity index (χ4n) is 5.36. The van der Waals surface area contributed by atoms with E-state index >= 15 is 4.39 Å². The Labute approximate surface area is 232 Å². The minimum Gasteiger partial charge on any atom is -0.356 e. The maximum atomic E-state index is 16.7. The van der Waals surface area contributed by atoms with Crippen molar-refractivity contribution in [2.24, 2.45) is 0 Å². The quantitative estimate of drug-likeness (QED) is 0.222. The fraction of sp³-hybridized carbons (Fsp3) is 0.161. The van der Waals surface area contributed by atoms with Crippen molar-refractivity contribution in [1.29, 1.82) is 5.26 Å². The monoisotopic (exact) mass is 551 g/mol. The highest BCUT2D eigenvalue weighted by molar-refractivity contribution is 7.98. The number of aromatic nitrogens is 4. The topological polar surface area (TPSA) is 87.4 Å². The van der Waals surface area contributed by atoms with Crippen LogP contribution in [0.5, 0.6) is 0 Å². The highest BCUT2D eigenvalue weighted by Gasteiger charge is 2.23. The lowest BCUT2D eigenvalue weighted by atomic mass is 9.90. The molecule has 0 fully saturated rings. The Balaban J connectivity index is 1.66. The van der Waals surface area contributed by atoms with E-state index in [1.165, 1.54) is 30.1 Å². The third-order valence-corrected chi connectivity index (χ3v) is 8.00. The normalized spacial score (nSPS) is 12.3. The second kappa shape index (κ2) is 10.2. The number of H-pyrrole nitrogens is 1. The van der Waals surface area contributed by atoms with E-state index in [4.69, 9.17) is 4.98 Å². The van der Waals surface area contributed by atoms with Gasteiger partial charge in [-0.3, -0.25) is 9.78 Å². The molecule has 3 heterocycles. The summed E-state index contributed by atoms with van der Waals surface area (Å²) < 4.78 is 32.6. The number of halogens is 2. The van der Waals surface area contributed by atoms with Crippen LogP contribution in [0.15, 0.2) is 76.9 Å². The molecule has 0 radical (unpaired) electrons. The highest BCUT2D eigenvalue weighted by atomic mass is 32.2. The molecule has 0 aliphatic heterocycles. The summed E-state index contributed by atoms with van der Waals surface area (Å²) >= 11 is 1.40. The van der Waals surface area contributed by atoms with E-state index in [0.717, 1.165) is 16.5 Å². The number of hydrogen-bond donors (Lipinski definition) is 1. The van der Waals surface area contributed by atoms with Gasteiger partial charge in [-0.1, -0.05) is 24.3 Å². The minimum atomic E-state index is -0.519. The number of aryl methyl sites for hydroxylation is 1. The van der Waals surface area contributed by atoms with E-state index in [0.29, 0.717) is 44.4 Å². The zero-order chi connectivity index (χ0) is 28.0. The van der Waals surface area contributed by atoms with Crippen LogP contribution in [-0.2, 0) is 6.42 Å². The van der Waals surface area contributed by atoms with Crippen LogP contribution in [0.2, 0.25) is 0 Å². The summed E-state index contributed by atoms with van der Waals surface area (Å²) in [4.78, 5) is 24.5. The van der Waals surface area contributed by atoms with Gasteiger partial charge in [0.05, 0.1) is 23.8 Å². The Bertz CT molecular complexity index is 2040. The molecule has 1 unspecified atom stereocenters. The standard InChI is InChI=1S/C31H23F2N5OS/c1-17(38-12-11-35-16-26(38)39)25-15-24-29(36-25)23-13-19(6-4-10-34)27(28(33)30(23)37-31(24)40-2)21-7-3-5-18-8-9-20(32)14-22(18)21/h3,5,7-9,11-17,36H,4,6H2,1-2H3. The van der Waals surface area contributed by atoms with E-state index in [-0.39, 0.29) is 23.5 Å². The molecule has 0 saturated carbocycles. The van der Waals surface area contributed by atoms with Crippen molar-refractivity contribution in [2.75, 3.05) is 6.26 Å². The second-order valence-electron chi connectivity index (χ2n) is 9.58. The van der Waals surface area contributed by atoms with Gasteiger partial charge in [-0.25, -0.2) is 13.8 Å². The summed E-state index contributed by atoms with van der Waals surface area (Å²) in [5.74, 6) is -0.931. The summed E-state index contributed by atoms with van der Waals surface area (Å²) in [6.07, 6.45) is 6.83. The van der Waals surface area contributed by atoms with Crippen molar-refractivity contribution in [1.82, 2.24) is 19.5 Å². The summed E-state index contributed by atoms with van der Waals surface area (Å²) in [7, 11) is 0. The van der Waals surface area contributed by atoms with Crippen LogP contribution in [0.4, 0.5) is 8.78 Å². The van der Waals surface area contributed by atoms with Gasteiger partial charge < -0.3 is 9.55 Å². The average molecular weight is 552 g/mol. The molecule has 1 atom stereocenters. The first kappa shape index (κ1) is 25.7. The molecule has 6 aromatic rings. The smallest absolute Gasteiger partial charge is 0.269 e. The first-order valence-electron chi connectivity index (χ1n) is 12.7. The molecule has 40 heavy (non-hydrogen) atoms. The highest BCUT2D eigenvalue weighted by Crippen LogP contribution is 2.41. The van der Waals surface area contributed by atoms with Gasteiger partial charge in [0.1, 0.15) is 16.4 Å². The average Bonchev–Trinajstić information content (AvgIpc) is 3.42.